The second kappa shape index (κ2) is 7.98. The Hall–Kier alpha value is -3.06. The van der Waals surface area contributed by atoms with Crippen molar-refractivity contribution in [2.45, 2.75) is 0 Å². The van der Waals surface area contributed by atoms with E-state index in [1.807, 2.05) is 0 Å². The molecule has 0 atom stereocenters. The van der Waals surface area contributed by atoms with Crippen LogP contribution in [0.3, 0.4) is 0 Å². The zero-order valence-corrected chi connectivity index (χ0v) is 13.4. The van der Waals surface area contributed by atoms with Crippen molar-refractivity contribution in [3.63, 3.8) is 0 Å². The largest absolute Gasteiger partial charge is 0.507 e. The lowest BCUT2D eigenvalue weighted by Crippen LogP contribution is -2.32. The normalized spacial score (nSPS) is 10.4. The van der Waals surface area contributed by atoms with Crippen LogP contribution in [-0.4, -0.2) is 30.2 Å². The van der Waals surface area contributed by atoms with E-state index in [4.69, 9.17) is 16.3 Å². The number of phenolic OH excluding ortho intramolecular Hbond substituents is 1. The number of methoxy groups -OCH3 is 1. The SMILES string of the molecule is COc1ccc(O)c(C=NNC(=O)C(=O)Nc2ccc(Cl)cc2)c1. The van der Waals surface area contributed by atoms with Gasteiger partial charge in [-0.1, -0.05) is 11.6 Å². The summed E-state index contributed by atoms with van der Waals surface area (Å²) in [4.78, 5) is 23.4. The summed E-state index contributed by atoms with van der Waals surface area (Å²) in [5.41, 5.74) is 2.82. The van der Waals surface area contributed by atoms with Crippen molar-refractivity contribution in [1.29, 1.82) is 0 Å². The van der Waals surface area contributed by atoms with Gasteiger partial charge in [0.05, 0.1) is 13.3 Å². The van der Waals surface area contributed by atoms with Gasteiger partial charge in [-0.3, -0.25) is 9.59 Å². The molecule has 0 saturated carbocycles. The molecule has 7 nitrogen and oxygen atoms in total. The third-order valence-corrected chi connectivity index (χ3v) is 3.16. The lowest BCUT2D eigenvalue weighted by atomic mass is 10.2. The van der Waals surface area contributed by atoms with E-state index >= 15 is 0 Å². The molecule has 0 aromatic heterocycles. The molecule has 0 radical (unpaired) electrons. The van der Waals surface area contributed by atoms with Crippen LogP contribution in [0, 0.1) is 0 Å². The molecule has 0 aliphatic heterocycles. The first-order valence-corrected chi connectivity index (χ1v) is 7.14. The summed E-state index contributed by atoms with van der Waals surface area (Å²) in [5, 5.41) is 16.2. The number of aromatic hydroxyl groups is 1. The molecular weight excluding hydrogens is 334 g/mol. The van der Waals surface area contributed by atoms with Crippen molar-refractivity contribution < 1.29 is 19.4 Å². The molecule has 124 valence electrons. The molecule has 3 N–H and O–H groups in total. The predicted octanol–water partition coefficient (Wildman–Crippen LogP) is 2.14. The molecule has 0 fully saturated rings. The number of nitrogens with zero attached hydrogens (tertiary/aromatic N) is 1. The highest BCUT2D eigenvalue weighted by Gasteiger charge is 2.12. The van der Waals surface area contributed by atoms with Gasteiger partial charge in [0, 0.05) is 16.3 Å². The van der Waals surface area contributed by atoms with Crippen molar-refractivity contribution in [3.05, 3.63) is 53.1 Å². The standard InChI is InChI=1S/C16H14ClN3O4/c1-24-13-6-7-14(21)10(8-13)9-18-20-16(23)15(22)19-12-4-2-11(17)3-5-12/h2-9,21H,1H3,(H,19,22)(H,20,23). The average Bonchev–Trinajstić information content (AvgIpc) is 2.58. The maximum absolute atomic E-state index is 11.7. The number of halogens is 1. The third-order valence-electron chi connectivity index (χ3n) is 2.91. The van der Waals surface area contributed by atoms with E-state index in [0.29, 0.717) is 22.0 Å². The summed E-state index contributed by atoms with van der Waals surface area (Å²) >= 11 is 5.73. The highest BCUT2D eigenvalue weighted by Crippen LogP contribution is 2.20. The summed E-state index contributed by atoms with van der Waals surface area (Å²) in [6, 6.07) is 10.8. The van der Waals surface area contributed by atoms with Crippen LogP contribution in [0.1, 0.15) is 5.56 Å². The maximum Gasteiger partial charge on any atom is 0.329 e. The molecule has 0 heterocycles. The summed E-state index contributed by atoms with van der Waals surface area (Å²) in [7, 11) is 1.48. The average molecular weight is 348 g/mol. The van der Waals surface area contributed by atoms with Gasteiger partial charge in [0.1, 0.15) is 11.5 Å². The number of carbonyl (C=O) groups is 2. The summed E-state index contributed by atoms with van der Waals surface area (Å²) in [6.07, 6.45) is 1.20. The molecule has 2 amide bonds. The van der Waals surface area contributed by atoms with E-state index in [-0.39, 0.29) is 5.75 Å². The van der Waals surface area contributed by atoms with Gasteiger partial charge in [0.25, 0.3) is 0 Å². The van der Waals surface area contributed by atoms with E-state index in [9.17, 15) is 14.7 Å². The Kier molecular flexibility index (Phi) is 5.75. The highest BCUT2D eigenvalue weighted by molar-refractivity contribution is 6.39. The summed E-state index contributed by atoms with van der Waals surface area (Å²) in [6.45, 7) is 0. The highest BCUT2D eigenvalue weighted by atomic mass is 35.5. The second-order valence-corrected chi connectivity index (χ2v) is 5.02. The number of rotatable bonds is 4. The van der Waals surface area contributed by atoms with E-state index in [2.05, 4.69) is 15.8 Å². The van der Waals surface area contributed by atoms with Crippen LogP contribution in [-0.2, 0) is 9.59 Å². The van der Waals surface area contributed by atoms with Gasteiger partial charge in [-0.05, 0) is 42.5 Å². The first kappa shape index (κ1) is 17.3. The van der Waals surface area contributed by atoms with Crippen LogP contribution in [0.25, 0.3) is 0 Å². The number of hydrazone groups is 1. The minimum atomic E-state index is -0.955. The zero-order valence-electron chi connectivity index (χ0n) is 12.6. The number of carbonyl (C=O) groups excluding carboxylic acids is 2. The molecule has 0 unspecified atom stereocenters. The fourth-order valence-electron chi connectivity index (χ4n) is 1.70. The summed E-state index contributed by atoms with van der Waals surface area (Å²) in [5.74, 6) is -1.37. The number of amides is 2. The van der Waals surface area contributed by atoms with Crippen molar-refractivity contribution in [3.8, 4) is 11.5 Å². The van der Waals surface area contributed by atoms with E-state index in [1.165, 1.54) is 25.5 Å². The van der Waals surface area contributed by atoms with Gasteiger partial charge in [-0.2, -0.15) is 5.10 Å². The van der Waals surface area contributed by atoms with E-state index < -0.39 is 11.8 Å². The predicted molar refractivity (Wildman–Crippen MR) is 90.5 cm³/mol. The first-order valence-electron chi connectivity index (χ1n) is 6.76. The maximum atomic E-state index is 11.7. The van der Waals surface area contributed by atoms with Crippen LogP contribution in [0.2, 0.25) is 5.02 Å². The molecule has 0 bridgehead atoms. The molecule has 0 saturated heterocycles. The fourth-order valence-corrected chi connectivity index (χ4v) is 1.82. The lowest BCUT2D eigenvalue weighted by Gasteiger charge is -2.04. The first-order chi connectivity index (χ1) is 11.5. The van der Waals surface area contributed by atoms with Crippen molar-refractivity contribution in [1.82, 2.24) is 5.43 Å². The van der Waals surface area contributed by atoms with E-state index in [0.717, 1.165) is 0 Å². The van der Waals surface area contributed by atoms with Gasteiger partial charge in [-0.25, -0.2) is 5.43 Å². The molecule has 2 aromatic rings. The van der Waals surface area contributed by atoms with Gasteiger partial charge in [-0.15, -0.1) is 0 Å². The third kappa shape index (κ3) is 4.72. The Morgan fingerprint density at radius 3 is 2.54 bits per heavy atom. The lowest BCUT2D eigenvalue weighted by molar-refractivity contribution is -0.136. The van der Waals surface area contributed by atoms with Crippen molar-refractivity contribution >= 4 is 35.3 Å². The topological polar surface area (TPSA) is 100 Å². The second-order valence-electron chi connectivity index (χ2n) is 4.58. The number of nitrogens with one attached hydrogen (secondary N) is 2. The Balaban J connectivity index is 1.94. The zero-order chi connectivity index (χ0) is 17.5. The monoisotopic (exact) mass is 347 g/mol. The number of benzene rings is 2. The molecule has 0 spiro atoms. The number of phenols is 1. The number of ether oxygens (including phenoxy) is 1. The molecule has 8 heteroatoms. The Morgan fingerprint density at radius 1 is 1.17 bits per heavy atom. The van der Waals surface area contributed by atoms with Crippen LogP contribution >= 0.6 is 11.6 Å². The van der Waals surface area contributed by atoms with Crippen molar-refractivity contribution in [2.24, 2.45) is 5.10 Å². The Morgan fingerprint density at radius 2 is 1.88 bits per heavy atom. The Bertz CT molecular complexity index is 775. The fraction of sp³-hybridized carbons (Fsp3) is 0.0625. The van der Waals surface area contributed by atoms with Crippen LogP contribution < -0.4 is 15.5 Å². The molecule has 0 aliphatic rings. The molecule has 2 aromatic carbocycles. The van der Waals surface area contributed by atoms with Crippen molar-refractivity contribution in [2.75, 3.05) is 12.4 Å². The van der Waals surface area contributed by atoms with Gasteiger partial charge in [0.2, 0.25) is 0 Å². The molecule has 0 aliphatic carbocycles. The smallest absolute Gasteiger partial charge is 0.329 e. The molecular formula is C16H14ClN3O4. The van der Waals surface area contributed by atoms with E-state index in [1.54, 1.807) is 30.3 Å². The van der Waals surface area contributed by atoms with Crippen LogP contribution in [0.15, 0.2) is 47.6 Å². The Labute approximate surface area is 142 Å². The minimum Gasteiger partial charge on any atom is -0.507 e. The minimum absolute atomic E-state index is 0.0422. The van der Waals surface area contributed by atoms with Gasteiger partial charge >= 0.3 is 11.8 Å². The number of hydrogen-bond acceptors (Lipinski definition) is 5. The van der Waals surface area contributed by atoms with Gasteiger partial charge < -0.3 is 15.2 Å². The number of anilines is 1. The van der Waals surface area contributed by atoms with Crippen LogP contribution in [0.5, 0.6) is 11.5 Å². The quantitative estimate of drug-likeness (QED) is 0.448. The molecule has 24 heavy (non-hydrogen) atoms. The molecule has 2 rings (SSSR count). The number of hydrogen-bond donors (Lipinski definition) is 3. The van der Waals surface area contributed by atoms with Crippen LogP contribution in [0.4, 0.5) is 5.69 Å². The summed E-state index contributed by atoms with van der Waals surface area (Å²) < 4.78 is 5.02. The van der Waals surface area contributed by atoms with Gasteiger partial charge in [0.15, 0.2) is 0 Å².